The molecule has 4 rings (SSSR count). The third kappa shape index (κ3) is 4.10. The Balaban J connectivity index is 1.74. The number of benzene rings is 2. The first-order chi connectivity index (χ1) is 15.5. The Kier molecular flexibility index (Phi) is 5.75. The number of nitrogens with two attached hydrogens (primary N) is 1. The second-order valence-electron chi connectivity index (χ2n) is 7.08. The fourth-order valence-corrected chi connectivity index (χ4v) is 3.54. The van der Waals surface area contributed by atoms with E-state index in [-0.39, 0.29) is 12.5 Å². The standard InChI is InChI=1S/C22H22N6O4/c1-13-19(21(30)27-15-6-4-3-5-7-15)20(28-22(26-13)24-12-25-28)14-8-9-16(17(10-14)31-2)32-11-18(23)29/h3-10,12,20H,11H2,1-2H3,(H2,23,29)(H,27,30)(H,24,25,26)/t20-/m1/s1. The molecule has 0 fully saturated rings. The summed E-state index contributed by atoms with van der Waals surface area (Å²) < 4.78 is 12.5. The lowest BCUT2D eigenvalue weighted by Crippen LogP contribution is -2.31. The van der Waals surface area contributed by atoms with E-state index in [0.717, 1.165) is 5.56 Å². The quantitative estimate of drug-likeness (QED) is 0.518. The Labute approximate surface area is 184 Å². The van der Waals surface area contributed by atoms with Crippen molar-refractivity contribution in [3.05, 3.63) is 71.7 Å². The number of amides is 2. The first-order valence-electron chi connectivity index (χ1n) is 9.80. The number of carbonyl (C=O) groups excluding carboxylic acids is 2. The molecule has 0 aliphatic carbocycles. The monoisotopic (exact) mass is 434 g/mol. The highest BCUT2D eigenvalue weighted by Gasteiger charge is 2.34. The normalized spacial score (nSPS) is 14.9. The number of para-hydroxylation sites is 1. The molecule has 2 aromatic carbocycles. The van der Waals surface area contributed by atoms with Crippen LogP contribution in [0.1, 0.15) is 18.5 Å². The smallest absolute Gasteiger partial charge is 0.255 e. The molecule has 4 N–H and O–H groups in total. The molecule has 0 saturated carbocycles. The summed E-state index contributed by atoms with van der Waals surface area (Å²) in [4.78, 5) is 28.6. The van der Waals surface area contributed by atoms with Crippen LogP contribution in [0.2, 0.25) is 0 Å². The largest absolute Gasteiger partial charge is 0.493 e. The van der Waals surface area contributed by atoms with Gasteiger partial charge in [-0.25, -0.2) is 4.68 Å². The molecule has 1 atom stereocenters. The highest BCUT2D eigenvalue weighted by atomic mass is 16.5. The molecular weight excluding hydrogens is 412 g/mol. The van der Waals surface area contributed by atoms with Gasteiger partial charge < -0.3 is 25.8 Å². The summed E-state index contributed by atoms with van der Waals surface area (Å²) in [5.74, 6) is 0.389. The second-order valence-corrected chi connectivity index (χ2v) is 7.08. The van der Waals surface area contributed by atoms with Crippen LogP contribution in [0.5, 0.6) is 11.5 Å². The molecule has 2 amide bonds. The molecular formula is C22H22N6O4. The van der Waals surface area contributed by atoms with Gasteiger partial charge in [0.2, 0.25) is 5.95 Å². The van der Waals surface area contributed by atoms with Gasteiger partial charge in [-0.1, -0.05) is 24.3 Å². The number of carbonyl (C=O) groups is 2. The van der Waals surface area contributed by atoms with Gasteiger partial charge in [-0.05, 0) is 36.8 Å². The molecule has 1 aliphatic heterocycles. The molecule has 3 aromatic rings. The van der Waals surface area contributed by atoms with Gasteiger partial charge in [0.25, 0.3) is 11.8 Å². The zero-order chi connectivity index (χ0) is 22.7. The Morgan fingerprint density at radius 1 is 1.19 bits per heavy atom. The minimum atomic E-state index is -0.597. The van der Waals surface area contributed by atoms with Crippen molar-refractivity contribution in [3.8, 4) is 11.5 Å². The van der Waals surface area contributed by atoms with Crippen molar-refractivity contribution in [1.29, 1.82) is 0 Å². The molecule has 0 saturated heterocycles. The molecule has 0 unspecified atom stereocenters. The fraction of sp³-hybridized carbons (Fsp3) is 0.182. The van der Waals surface area contributed by atoms with E-state index in [4.69, 9.17) is 15.2 Å². The minimum absolute atomic E-state index is 0.277. The van der Waals surface area contributed by atoms with E-state index in [9.17, 15) is 9.59 Å². The average Bonchev–Trinajstić information content (AvgIpc) is 3.25. The number of fused-ring (bicyclic) bond motifs is 1. The molecule has 10 heteroatoms. The van der Waals surface area contributed by atoms with Crippen molar-refractivity contribution >= 4 is 23.5 Å². The third-order valence-corrected chi connectivity index (χ3v) is 4.94. The van der Waals surface area contributed by atoms with Gasteiger partial charge in [-0.3, -0.25) is 9.59 Å². The van der Waals surface area contributed by atoms with Gasteiger partial charge in [0.1, 0.15) is 12.4 Å². The van der Waals surface area contributed by atoms with Gasteiger partial charge in [-0.2, -0.15) is 10.1 Å². The summed E-state index contributed by atoms with van der Waals surface area (Å²) in [6.07, 6.45) is 1.42. The average molecular weight is 434 g/mol. The topological polar surface area (TPSA) is 133 Å². The van der Waals surface area contributed by atoms with Crippen molar-refractivity contribution in [2.75, 3.05) is 24.4 Å². The highest BCUT2D eigenvalue weighted by molar-refractivity contribution is 6.06. The number of methoxy groups -OCH3 is 1. The van der Waals surface area contributed by atoms with Crippen molar-refractivity contribution in [2.24, 2.45) is 5.73 Å². The molecule has 0 spiro atoms. The van der Waals surface area contributed by atoms with Crippen LogP contribution in [0, 0.1) is 0 Å². The van der Waals surface area contributed by atoms with E-state index in [1.165, 1.54) is 13.4 Å². The third-order valence-electron chi connectivity index (χ3n) is 4.94. The van der Waals surface area contributed by atoms with Gasteiger partial charge in [0, 0.05) is 11.4 Å². The van der Waals surface area contributed by atoms with Gasteiger partial charge in [-0.15, -0.1) is 0 Å². The molecule has 2 heterocycles. The van der Waals surface area contributed by atoms with Crippen LogP contribution < -0.4 is 25.8 Å². The molecule has 164 valence electrons. The van der Waals surface area contributed by atoms with Gasteiger partial charge in [0.05, 0.1) is 12.7 Å². The number of hydrogen-bond acceptors (Lipinski definition) is 7. The fourth-order valence-electron chi connectivity index (χ4n) is 3.54. The first kappa shape index (κ1) is 20.9. The zero-order valence-electron chi connectivity index (χ0n) is 17.5. The van der Waals surface area contributed by atoms with E-state index in [1.807, 2.05) is 37.3 Å². The Bertz CT molecular complexity index is 1190. The predicted octanol–water partition coefficient (Wildman–Crippen LogP) is 2.08. The lowest BCUT2D eigenvalue weighted by Gasteiger charge is -2.29. The van der Waals surface area contributed by atoms with Crippen LogP contribution >= 0.6 is 0 Å². The minimum Gasteiger partial charge on any atom is -0.493 e. The molecule has 1 aliphatic rings. The number of ether oxygens (including phenoxy) is 2. The van der Waals surface area contributed by atoms with Crippen LogP contribution in [-0.4, -0.2) is 40.3 Å². The second kappa shape index (κ2) is 8.80. The molecule has 0 radical (unpaired) electrons. The summed E-state index contributed by atoms with van der Waals surface area (Å²) in [7, 11) is 1.49. The van der Waals surface area contributed by atoms with Crippen molar-refractivity contribution in [1.82, 2.24) is 14.8 Å². The Morgan fingerprint density at radius 2 is 1.97 bits per heavy atom. The summed E-state index contributed by atoms with van der Waals surface area (Å²) in [5.41, 5.74) is 7.69. The first-order valence-corrected chi connectivity index (χ1v) is 9.80. The van der Waals surface area contributed by atoms with Crippen molar-refractivity contribution < 1.29 is 19.1 Å². The van der Waals surface area contributed by atoms with Gasteiger partial charge >= 0.3 is 0 Å². The van der Waals surface area contributed by atoms with E-state index < -0.39 is 11.9 Å². The highest BCUT2D eigenvalue weighted by Crippen LogP contribution is 2.38. The predicted molar refractivity (Wildman–Crippen MR) is 117 cm³/mol. The van der Waals surface area contributed by atoms with Crippen LogP contribution in [0.15, 0.2) is 66.1 Å². The summed E-state index contributed by atoms with van der Waals surface area (Å²) >= 11 is 0. The Morgan fingerprint density at radius 3 is 2.69 bits per heavy atom. The maximum Gasteiger partial charge on any atom is 0.255 e. The maximum absolute atomic E-state index is 13.3. The van der Waals surface area contributed by atoms with Crippen LogP contribution in [0.3, 0.4) is 0 Å². The summed E-state index contributed by atoms with van der Waals surface area (Å²) in [5, 5.41) is 10.4. The SMILES string of the molecule is COc1cc([C@@H]2C(C(=O)Nc3ccccc3)=C(C)Nc3ncnn32)ccc1OCC(N)=O. The zero-order valence-corrected chi connectivity index (χ0v) is 17.5. The van der Waals surface area contributed by atoms with E-state index in [1.54, 1.807) is 22.9 Å². The number of nitrogens with zero attached hydrogens (tertiary/aromatic N) is 3. The molecule has 32 heavy (non-hydrogen) atoms. The number of rotatable bonds is 7. The van der Waals surface area contributed by atoms with E-state index in [0.29, 0.717) is 34.4 Å². The number of allylic oxidation sites excluding steroid dienone is 1. The molecule has 1 aromatic heterocycles. The molecule has 10 nitrogen and oxygen atoms in total. The van der Waals surface area contributed by atoms with Gasteiger partial charge in [0.15, 0.2) is 18.1 Å². The van der Waals surface area contributed by atoms with E-state index >= 15 is 0 Å². The Hall–Kier alpha value is -4.34. The lowest BCUT2D eigenvalue weighted by atomic mass is 9.94. The summed E-state index contributed by atoms with van der Waals surface area (Å²) in [6, 6.07) is 13.8. The van der Waals surface area contributed by atoms with E-state index in [2.05, 4.69) is 20.7 Å². The lowest BCUT2D eigenvalue weighted by molar-refractivity contribution is -0.120. The van der Waals surface area contributed by atoms with Crippen LogP contribution in [-0.2, 0) is 9.59 Å². The van der Waals surface area contributed by atoms with Crippen molar-refractivity contribution in [3.63, 3.8) is 0 Å². The number of nitrogens with one attached hydrogen (secondary N) is 2. The number of anilines is 2. The van der Waals surface area contributed by atoms with Crippen LogP contribution in [0.25, 0.3) is 0 Å². The van der Waals surface area contributed by atoms with Crippen molar-refractivity contribution in [2.45, 2.75) is 13.0 Å². The van der Waals surface area contributed by atoms with Crippen LogP contribution in [0.4, 0.5) is 11.6 Å². The molecule has 0 bridgehead atoms. The summed E-state index contributed by atoms with van der Waals surface area (Å²) in [6.45, 7) is 1.53. The maximum atomic E-state index is 13.3. The number of primary amides is 1. The number of aromatic nitrogens is 3. The number of hydrogen-bond donors (Lipinski definition) is 3.